The number of aromatic amines is 1. The van der Waals surface area contributed by atoms with E-state index in [1.54, 1.807) is 4.68 Å². The molecule has 2 N–H and O–H groups in total. The molecule has 3 aromatic rings. The van der Waals surface area contributed by atoms with Gasteiger partial charge in [-0.25, -0.2) is 9.67 Å². The number of nitrogens with zero attached hydrogens (tertiary/aromatic N) is 5. The summed E-state index contributed by atoms with van der Waals surface area (Å²) in [5.41, 5.74) is 1.96. The highest BCUT2D eigenvalue weighted by molar-refractivity contribution is 5.82. The number of amides is 1. The average molecular weight is 325 g/mol. The van der Waals surface area contributed by atoms with Crippen molar-refractivity contribution in [1.29, 1.82) is 0 Å². The summed E-state index contributed by atoms with van der Waals surface area (Å²) in [5, 5.41) is 14.7. The molecule has 0 bridgehead atoms. The molecular weight excluding hydrogens is 306 g/mol. The number of H-pyrrole nitrogens is 1. The second kappa shape index (κ2) is 6.38. The molecule has 3 heterocycles. The maximum atomic E-state index is 12.5. The molecule has 0 radical (unpaired) electrons. The van der Waals surface area contributed by atoms with Gasteiger partial charge in [-0.15, -0.1) is 5.10 Å². The fourth-order valence-electron chi connectivity index (χ4n) is 3.16. The van der Waals surface area contributed by atoms with Gasteiger partial charge in [-0.3, -0.25) is 4.79 Å². The normalized spacial score (nSPS) is 17.4. The fraction of sp³-hybridized carbons (Fsp3) is 0.438. The standard InChI is InChI=1S/C16H19N7O/c24-16(11-5-3-4-10-23-15(11)20-21-22-23)17-9-8-14-18-12-6-1-2-7-13(12)19-14/h1-2,6-7,11H,3-5,8-10H2,(H,17,24)(H,18,19). The Morgan fingerprint density at radius 2 is 2.25 bits per heavy atom. The number of aromatic nitrogens is 6. The third-order valence-corrected chi connectivity index (χ3v) is 4.40. The van der Waals surface area contributed by atoms with Gasteiger partial charge < -0.3 is 10.3 Å². The van der Waals surface area contributed by atoms with Crippen molar-refractivity contribution < 1.29 is 4.79 Å². The molecule has 0 aliphatic carbocycles. The number of nitrogens with one attached hydrogen (secondary N) is 2. The predicted molar refractivity (Wildman–Crippen MR) is 87.2 cm³/mol. The third-order valence-electron chi connectivity index (χ3n) is 4.40. The van der Waals surface area contributed by atoms with Crippen LogP contribution in [-0.4, -0.2) is 42.6 Å². The topological polar surface area (TPSA) is 101 Å². The average Bonchev–Trinajstić information content (AvgIpc) is 3.16. The summed E-state index contributed by atoms with van der Waals surface area (Å²) in [4.78, 5) is 20.3. The third kappa shape index (κ3) is 2.86. The van der Waals surface area contributed by atoms with Gasteiger partial charge in [-0.2, -0.15) is 0 Å². The highest BCUT2D eigenvalue weighted by atomic mass is 16.1. The Labute approximate surface area is 138 Å². The molecule has 8 heteroatoms. The summed E-state index contributed by atoms with van der Waals surface area (Å²) in [6, 6.07) is 7.91. The van der Waals surface area contributed by atoms with Crippen LogP contribution in [0, 0.1) is 0 Å². The van der Waals surface area contributed by atoms with Crippen molar-refractivity contribution in [2.24, 2.45) is 0 Å². The molecular formula is C16H19N7O. The maximum absolute atomic E-state index is 12.5. The lowest BCUT2D eigenvalue weighted by atomic mass is 10.0. The van der Waals surface area contributed by atoms with E-state index in [1.807, 2.05) is 24.3 Å². The molecule has 0 saturated heterocycles. The summed E-state index contributed by atoms with van der Waals surface area (Å²) in [5.74, 6) is 1.28. The van der Waals surface area contributed by atoms with E-state index >= 15 is 0 Å². The van der Waals surface area contributed by atoms with E-state index in [9.17, 15) is 4.79 Å². The van der Waals surface area contributed by atoms with Crippen LogP contribution in [0.3, 0.4) is 0 Å². The molecule has 124 valence electrons. The highest BCUT2D eigenvalue weighted by Gasteiger charge is 2.28. The molecule has 0 saturated carbocycles. The number of tetrazole rings is 1. The van der Waals surface area contributed by atoms with Crippen LogP contribution in [0.1, 0.15) is 36.8 Å². The van der Waals surface area contributed by atoms with Gasteiger partial charge in [-0.05, 0) is 35.4 Å². The summed E-state index contributed by atoms with van der Waals surface area (Å²) in [6.07, 6.45) is 3.45. The van der Waals surface area contributed by atoms with Crippen molar-refractivity contribution >= 4 is 16.9 Å². The second-order valence-electron chi connectivity index (χ2n) is 6.05. The molecule has 8 nitrogen and oxygen atoms in total. The van der Waals surface area contributed by atoms with Gasteiger partial charge in [0.05, 0.1) is 17.0 Å². The number of fused-ring (bicyclic) bond motifs is 2. The van der Waals surface area contributed by atoms with E-state index in [4.69, 9.17) is 0 Å². The Hall–Kier alpha value is -2.77. The predicted octanol–water partition coefficient (Wildman–Crippen LogP) is 1.18. The first-order valence-electron chi connectivity index (χ1n) is 8.28. The SMILES string of the molecule is O=C(NCCc1nc2ccccc2[nH]1)C1CCCCn2nnnc21. The van der Waals surface area contributed by atoms with E-state index in [1.165, 1.54) is 0 Å². The van der Waals surface area contributed by atoms with Crippen LogP contribution in [-0.2, 0) is 17.8 Å². The Kier molecular flexibility index (Phi) is 3.94. The number of imidazole rings is 1. The van der Waals surface area contributed by atoms with Gasteiger partial charge in [0.1, 0.15) is 5.82 Å². The summed E-state index contributed by atoms with van der Waals surface area (Å²) in [6.45, 7) is 1.32. The van der Waals surface area contributed by atoms with Crippen LogP contribution in [0.5, 0.6) is 0 Å². The minimum atomic E-state index is -0.266. The Morgan fingerprint density at radius 3 is 3.17 bits per heavy atom. The lowest BCUT2D eigenvalue weighted by Gasteiger charge is -2.12. The number of rotatable bonds is 4. The van der Waals surface area contributed by atoms with Gasteiger partial charge in [0, 0.05) is 19.5 Å². The van der Waals surface area contributed by atoms with Crippen molar-refractivity contribution in [3.8, 4) is 0 Å². The minimum absolute atomic E-state index is 0.0101. The van der Waals surface area contributed by atoms with E-state index in [2.05, 4.69) is 30.8 Å². The van der Waals surface area contributed by atoms with Gasteiger partial charge in [-0.1, -0.05) is 18.6 Å². The first-order chi connectivity index (χ1) is 11.8. The maximum Gasteiger partial charge on any atom is 0.230 e. The molecule has 1 amide bonds. The fourth-order valence-corrected chi connectivity index (χ4v) is 3.16. The zero-order valence-corrected chi connectivity index (χ0v) is 13.3. The van der Waals surface area contributed by atoms with Crippen LogP contribution in [0.25, 0.3) is 11.0 Å². The number of para-hydroxylation sites is 2. The van der Waals surface area contributed by atoms with E-state index < -0.39 is 0 Å². The van der Waals surface area contributed by atoms with E-state index in [0.29, 0.717) is 18.8 Å². The van der Waals surface area contributed by atoms with Gasteiger partial charge >= 0.3 is 0 Å². The Bertz CT molecular complexity index is 820. The molecule has 1 unspecified atom stereocenters. The molecule has 4 rings (SSSR count). The number of hydrogen-bond donors (Lipinski definition) is 2. The number of aryl methyl sites for hydroxylation is 1. The molecule has 24 heavy (non-hydrogen) atoms. The van der Waals surface area contributed by atoms with Crippen molar-refractivity contribution in [3.05, 3.63) is 35.9 Å². The first-order valence-corrected chi connectivity index (χ1v) is 8.28. The summed E-state index contributed by atoms with van der Waals surface area (Å²) in [7, 11) is 0. The number of hydrogen-bond acceptors (Lipinski definition) is 5. The van der Waals surface area contributed by atoms with Crippen LogP contribution in [0.2, 0.25) is 0 Å². The number of carbonyl (C=O) groups excluding carboxylic acids is 1. The zero-order chi connectivity index (χ0) is 16.4. The number of carbonyl (C=O) groups is 1. The molecule has 0 fully saturated rings. The van der Waals surface area contributed by atoms with Crippen molar-refractivity contribution in [2.45, 2.75) is 38.1 Å². The van der Waals surface area contributed by atoms with Crippen LogP contribution < -0.4 is 5.32 Å². The molecule has 1 aromatic carbocycles. The quantitative estimate of drug-likeness (QED) is 0.750. The summed E-state index contributed by atoms with van der Waals surface area (Å²) >= 11 is 0. The second-order valence-corrected chi connectivity index (χ2v) is 6.05. The summed E-state index contributed by atoms with van der Waals surface area (Å²) < 4.78 is 1.75. The van der Waals surface area contributed by atoms with Crippen LogP contribution in [0.4, 0.5) is 0 Å². The van der Waals surface area contributed by atoms with Gasteiger partial charge in [0.2, 0.25) is 5.91 Å². The zero-order valence-electron chi connectivity index (χ0n) is 13.3. The number of benzene rings is 1. The van der Waals surface area contributed by atoms with Crippen molar-refractivity contribution in [3.63, 3.8) is 0 Å². The lowest BCUT2D eigenvalue weighted by molar-refractivity contribution is -0.122. The molecule has 1 atom stereocenters. The smallest absolute Gasteiger partial charge is 0.230 e. The Balaban J connectivity index is 1.38. The molecule has 1 aliphatic heterocycles. The monoisotopic (exact) mass is 325 g/mol. The largest absolute Gasteiger partial charge is 0.355 e. The Morgan fingerprint density at radius 1 is 1.33 bits per heavy atom. The van der Waals surface area contributed by atoms with Crippen molar-refractivity contribution in [2.75, 3.05) is 6.54 Å². The van der Waals surface area contributed by atoms with Crippen molar-refractivity contribution in [1.82, 2.24) is 35.5 Å². The minimum Gasteiger partial charge on any atom is -0.355 e. The van der Waals surface area contributed by atoms with Gasteiger partial charge in [0.15, 0.2) is 5.82 Å². The highest BCUT2D eigenvalue weighted by Crippen LogP contribution is 2.23. The van der Waals surface area contributed by atoms with Gasteiger partial charge in [0.25, 0.3) is 0 Å². The molecule has 2 aromatic heterocycles. The molecule has 1 aliphatic rings. The van der Waals surface area contributed by atoms with Crippen LogP contribution in [0.15, 0.2) is 24.3 Å². The first kappa shape index (κ1) is 14.8. The molecule has 0 spiro atoms. The van der Waals surface area contributed by atoms with Crippen LogP contribution >= 0.6 is 0 Å². The van der Waals surface area contributed by atoms with E-state index in [-0.39, 0.29) is 11.8 Å². The van der Waals surface area contributed by atoms with E-state index in [0.717, 1.165) is 42.7 Å². The lowest BCUT2D eigenvalue weighted by Crippen LogP contribution is -2.32.